The lowest BCUT2D eigenvalue weighted by molar-refractivity contribution is 0.534. The molecule has 1 heteroatoms. The van der Waals surface area contributed by atoms with E-state index in [1.165, 1.54) is 53.8 Å². The van der Waals surface area contributed by atoms with Gasteiger partial charge in [-0.25, -0.2) is 0 Å². The van der Waals surface area contributed by atoms with Crippen molar-refractivity contribution in [3.05, 3.63) is 46.8 Å². The lowest BCUT2D eigenvalue weighted by atomic mass is 9.79. The fourth-order valence-corrected chi connectivity index (χ4v) is 4.10. The van der Waals surface area contributed by atoms with E-state index in [0.29, 0.717) is 5.41 Å². The molecule has 92 valence electrons. The molecule has 0 amide bonds. The average molecular weight is 237 g/mol. The predicted octanol–water partition coefficient (Wildman–Crippen LogP) is 4.47. The van der Waals surface area contributed by atoms with Crippen LogP contribution in [0, 0.1) is 13.8 Å². The number of rotatable bonds is 0. The molecule has 18 heavy (non-hydrogen) atoms. The summed E-state index contributed by atoms with van der Waals surface area (Å²) in [7, 11) is 0. The highest BCUT2D eigenvalue weighted by Gasteiger charge is 2.46. The Kier molecular flexibility index (Phi) is 1.90. The molecule has 1 saturated carbocycles. The zero-order valence-electron chi connectivity index (χ0n) is 11.1. The van der Waals surface area contributed by atoms with Crippen LogP contribution in [-0.4, -0.2) is 4.98 Å². The van der Waals surface area contributed by atoms with Crippen LogP contribution < -0.4 is 0 Å². The number of hydrogen-bond donors (Lipinski definition) is 1. The highest BCUT2D eigenvalue weighted by molar-refractivity contribution is 5.81. The van der Waals surface area contributed by atoms with Crippen molar-refractivity contribution in [3.8, 4) is 11.1 Å². The minimum Gasteiger partial charge on any atom is -0.361 e. The van der Waals surface area contributed by atoms with E-state index in [4.69, 9.17) is 0 Å². The SMILES string of the molecule is Cc1ccc2c(c1)C1(CCCC1)c1[nH]c(C)cc1-2. The minimum atomic E-state index is 0.310. The van der Waals surface area contributed by atoms with Crippen LogP contribution in [0.15, 0.2) is 24.3 Å². The van der Waals surface area contributed by atoms with Crippen molar-refractivity contribution < 1.29 is 0 Å². The van der Waals surface area contributed by atoms with E-state index >= 15 is 0 Å². The Morgan fingerprint density at radius 1 is 1.00 bits per heavy atom. The lowest BCUT2D eigenvalue weighted by Crippen LogP contribution is -2.21. The van der Waals surface area contributed by atoms with Crippen LogP contribution in [0.5, 0.6) is 0 Å². The summed E-state index contributed by atoms with van der Waals surface area (Å²) in [4.78, 5) is 3.66. The second-order valence-electron chi connectivity index (χ2n) is 6.08. The molecule has 0 atom stereocenters. The number of aromatic amines is 1. The van der Waals surface area contributed by atoms with Gasteiger partial charge in [0.25, 0.3) is 0 Å². The molecular formula is C17H19N. The zero-order valence-corrected chi connectivity index (χ0v) is 11.1. The Balaban J connectivity index is 2.07. The molecule has 1 spiro atoms. The summed E-state index contributed by atoms with van der Waals surface area (Å²) >= 11 is 0. The molecule has 2 aliphatic carbocycles. The van der Waals surface area contributed by atoms with Crippen LogP contribution >= 0.6 is 0 Å². The first kappa shape index (κ1) is 10.4. The first-order chi connectivity index (χ1) is 8.71. The second-order valence-corrected chi connectivity index (χ2v) is 6.08. The van der Waals surface area contributed by atoms with E-state index in [0.717, 1.165) is 0 Å². The van der Waals surface area contributed by atoms with Gasteiger partial charge in [-0.15, -0.1) is 0 Å². The summed E-state index contributed by atoms with van der Waals surface area (Å²) in [5.41, 5.74) is 9.02. The Morgan fingerprint density at radius 2 is 1.78 bits per heavy atom. The van der Waals surface area contributed by atoms with Crippen LogP contribution in [0.3, 0.4) is 0 Å². The topological polar surface area (TPSA) is 15.8 Å². The largest absolute Gasteiger partial charge is 0.361 e. The maximum atomic E-state index is 3.66. The quantitative estimate of drug-likeness (QED) is 0.695. The van der Waals surface area contributed by atoms with Gasteiger partial charge in [0, 0.05) is 22.4 Å². The number of hydrogen-bond acceptors (Lipinski definition) is 0. The summed E-state index contributed by atoms with van der Waals surface area (Å²) in [5, 5.41) is 0. The molecule has 1 aromatic heterocycles. The smallest absolute Gasteiger partial charge is 0.0366 e. The average Bonchev–Trinajstić information content (AvgIpc) is 3.00. The maximum Gasteiger partial charge on any atom is 0.0366 e. The van der Waals surface area contributed by atoms with Crippen molar-refractivity contribution >= 4 is 0 Å². The summed E-state index contributed by atoms with van der Waals surface area (Å²) < 4.78 is 0. The van der Waals surface area contributed by atoms with Crippen LogP contribution in [0.2, 0.25) is 0 Å². The predicted molar refractivity (Wildman–Crippen MR) is 75.0 cm³/mol. The molecule has 0 saturated heterocycles. The maximum absolute atomic E-state index is 3.66. The van der Waals surface area contributed by atoms with Crippen LogP contribution in [0.4, 0.5) is 0 Å². The second kappa shape index (κ2) is 3.28. The number of nitrogens with one attached hydrogen (secondary N) is 1. The Labute approximate surface area is 108 Å². The Morgan fingerprint density at radius 3 is 2.56 bits per heavy atom. The highest BCUT2D eigenvalue weighted by atomic mass is 14.8. The summed E-state index contributed by atoms with van der Waals surface area (Å²) in [6.07, 6.45) is 5.36. The molecule has 0 unspecified atom stereocenters. The van der Waals surface area contributed by atoms with Crippen LogP contribution in [0.1, 0.15) is 48.2 Å². The molecule has 1 heterocycles. The number of fused-ring (bicyclic) bond motifs is 5. The molecular weight excluding hydrogens is 218 g/mol. The standard InChI is InChI=1S/C17H19N/c1-11-5-6-13-14-10-12(2)18-16(14)17(15(13)9-11)7-3-4-8-17/h5-6,9-10,18H,3-4,7-8H2,1-2H3. The van der Waals surface area contributed by atoms with Gasteiger partial charge in [0.15, 0.2) is 0 Å². The molecule has 2 aromatic rings. The van der Waals surface area contributed by atoms with Gasteiger partial charge in [0.1, 0.15) is 0 Å². The molecule has 1 nitrogen and oxygen atoms in total. The van der Waals surface area contributed by atoms with Gasteiger partial charge in [-0.2, -0.15) is 0 Å². The number of benzene rings is 1. The van der Waals surface area contributed by atoms with Gasteiger partial charge in [0.2, 0.25) is 0 Å². The van der Waals surface area contributed by atoms with Crippen molar-refractivity contribution in [2.24, 2.45) is 0 Å². The van der Waals surface area contributed by atoms with Crippen LogP contribution in [0.25, 0.3) is 11.1 Å². The first-order valence-corrected chi connectivity index (χ1v) is 7.02. The van der Waals surface area contributed by atoms with E-state index in [1.54, 1.807) is 5.56 Å². The monoisotopic (exact) mass is 237 g/mol. The molecule has 1 N–H and O–H groups in total. The molecule has 2 aliphatic rings. The van der Waals surface area contributed by atoms with Gasteiger partial charge in [-0.1, -0.05) is 36.6 Å². The van der Waals surface area contributed by atoms with Gasteiger partial charge < -0.3 is 4.98 Å². The van der Waals surface area contributed by atoms with Gasteiger partial charge in [0.05, 0.1) is 0 Å². The fourth-order valence-electron chi connectivity index (χ4n) is 4.10. The first-order valence-electron chi connectivity index (χ1n) is 7.02. The van der Waals surface area contributed by atoms with Crippen molar-refractivity contribution in [1.29, 1.82) is 0 Å². The van der Waals surface area contributed by atoms with Gasteiger partial charge in [-0.05, 0) is 43.9 Å². The van der Waals surface area contributed by atoms with Gasteiger partial charge in [-0.3, -0.25) is 0 Å². The van der Waals surface area contributed by atoms with Crippen molar-refractivity contribution in [2.45, 2.75) is 44.9 Å². The molecule has 1 aromatic carbocycles. The highest BCUT2D eigenvalue weighted by Crippen LogP contribution is 2.56. The summed E-state index contributed by atoms with van der Waals surface area (Å²) in [6, 6.07) is 9.32. The van der Waals surface area contributed by atoms with Crippen LogP contribution in [-0.2, 0) is 5.41 Å². The fraction of sp³-hybridized carbons (Fsp3) is 0.412. The third kappa shape index (κ3) is 1.12. The number of aromatic nitrogens is 1. The third-order valence-corrected chi connectivity index (χ3v) is 4.87. The van der Waals surface area contributed by atoms with E-state index in [9.17, 15) is 0 Å². The summed E-state index contributed by atoms with van der Waals surface area (Å²) in [5.74, 6) is 0. The van der Waals surface area contributed by atoms with Gasteiger partial charge >= 0.3 is 0 Å². The summed E-state index contributed by atoms with van der Waals surface area (Å²) in [6.45, 7) is 4.38. The number of aryl methyl sites for hydroxylation is 2. The lowest BCUT2D eigenvalue weighted by Gasteiger charge is -2.25. The molecule has 0 bridgehead atoms. The minimum absolute atomic E-state index is 0.310. The Bertz CT molecular complexity index is 627. The Hall–Kier alpha value is -1.50. The molecule has 0 radical (unpaired) electrons. The van der Waals surface area contributed by atoms with E-state index in [1.807, 2.05) is 0 Å². The van der Waals surface area contributed by atoms with Crippen molar-refractivity contribution in [1.82, 2.24) is 4.98 Å². The normalized spacial score (nSPS) is 19.2. The molecule has 4 rings (SSSR count). The third-order valence-electron chi connectivity index (χ3n) is 4.87. The van der Waals surface area contributed by atoms with Crippen molar-refractivity contribution in [3.63, 3.8) is 0 Å². The van der Waals surface area contributed by atoms with E-state index < -0.39 is 0 Å². The molecule has 1 fully saturated rings. The van der Waals surface area contributed by atoms with Crippen molar-refractivity contribution in [2.75, 3.05) is 0 Å². The molecule has 0 aliphatic heterocycles. The van der Waals surface area contributed by atoms with E-state index in [2.05, 4.69) is 43.1 Å². The number of H-pyrrole nitrogens is 1. The zero-order chi connectivity index (χ0) is 12.3. The van der Waals surface area contributed by atoms with E-state index in [-0.39, 0.29) is 0 Å².